The fraction of sp³-hybridized carbons (Fsp3) is 0.222. The second-order valence-corrected chi connectivity index (χ2v) is 8.49. The Kier molecular flexibility index (Phi) is 5.02. The zero-order chi connectivity index (χ0) is 18.9. The molecule has 1 heterocycles. The number of carbonyl (C=O) groups is 2. The van der Waals surface area contributed by atoms with Gasteiger partial charge in [-0.25, -0.2) is 8.42 Å². The van der Waals surface area contributed by atoms with E-state index in [1.165, 1.54) is 24.3 Å². The van der Waals surface area contributed by atoms with Crippen LogP contribution in [0.25, 0.3) is 0 Å². The normalized spacial score (nSPS) is 14.5. The van der Waals surface area contributed by atoms with Gasteiger partial charge in [0.25, 0.3) is 5.91 Å². The van der Waals surface area contributed by atoms with Crippen molar-refractivity contribution in [1.82, 2.24) is 0 Å². The van der Waals surface area contributed by atoms with Gasteiger partial charge in [-0.2, -0.15) is 0 Å². The summed E-state index contributed by atoms with van der Waals surface area (Å²) in [7, 11) is -3.31. The van der Waals surface area contributed by atoms with Gasteiger partial charge in [0.15, 0.2) is 9.84 Å². The molecule has 3 rings (SSSR count). The van der Waals surface area contributed by atoms with Gasteiger partial charge in [-0.1, -0.05) is 11.6 Å². The molecule has 6 nitrogen and oxygen atoms in total. The Bertz CT molecular complexity index is 971. The molecule has 0 radical (unpaired) electrons. The maximum absolute atomic E-state index is 12.3. The van der Waals surface area contributed by atoms with E-state index in [1.54, 1.807) is 23.1 Å². The Hall–Kier alpha value is -2.38. The monoisotopic (exact) mass is 392 g/mol. The van der Waals surface area contributed by atoms with Gasteiger partial charge in [-0.3, -0.25) is 9.59 Å². The van der Waals surface area contributed by atoms with Crippen molar-refractivity contribution >= 4 is 44.6 Å². The highest BCUT2D eigenvalue weighted by molar-refractivity contribution is 7.90. The Morgan fingerprint density at radius 1 is 1.15 bits per heavy atom. The van der Waals surface area contributed by atoms with Crippen LogP contribution in [0.4, 0.5) is 11.4 Å². The smallest absolute Gasteiger partial charge is 0.255 e. The minimum Gasteiger partial charge on any atom is -0.322 e. The van der Waals surface area contributed by atoms with Crippen molar-refractivity contribution in [2.24, 2.45) is 0 Å². The van der Waals surface area contributed by atoms with Crippen molar-refractivity contribution in [3.05, 3.63) is 53.1 Å². The molecule has 1 N–H and O–H groups in total. The molecule has 1 aliphatic rings. The van der Waals surface area contributed by atoms with Crippen LogP contribution in [0.1, 0.15) is 23.2 Å². The van der Waals surface area contributed by atoms with Crippen LogP contribution in [0.3, 0.4) is 0 Å². The van der Waals surface area contributed by atoms with Gasteiger partial charge < -0.3 is 10.2 Å². The number of anilines is 2. The predicted molar refractivity (Wildman–Crippen MR) is 101 cm³/mol. The Labute approximate surface area is 156 Å². The first-order valence-corrected chi connectivity index (χ1v) is 10.2. The topological polar surface area (TPSA) is 83.6 Å². The molecule has 2 amide bonds. The van der Waals surface area contributed by atoms with Crippen LogP contribution in [0.5, 0.6) is 0 Å². The number of hydrogen-bond acceptors (Lipinski definition) is 4. The zero-order valence-corrected chi connectivity index (χ0v) is 15.6. The highest BCUT2D eigenvalue weighted by Gasteiger charge is 2.23. The molecule has 1 fully saturated rings. The van der Waals surface area contributed by atoms with Gasteiger partial charge in [-0.05, 0) is 48.9 Å². The number of carbonyl (C=O) groups excluding carboxylic acids is 2. The lowest BCUT2D eigenvalue weighted by atomic mass is 10.2. The summed E-state index contributed by atoms with van der Waals surface area (Å²) in [5.41, 5.74) is 1.44. The summed E-state index contributed by atoms with van der Waals surface area (Å²) in [5.74, 6) is -0.347. The molecule has 1 aliphatic heterocycles. The van der Waals surface area contributed by atoms with Gasteiger partial charge in [0, 0.05) is 30.5 Å². The average Bonchev–Trinajstić information content (AvgIpc) is 3.00. The average molecular weight is 393 g/mol. The molecule has 0 atom stereocenters. The van der Waals surface area contributed by atoms with E-state index < -0.39 is 9.84 Å². The molecule has 0 spiro atoms. The van der Waals surface area contributed by atoms with E-state index >= 15 is 0 Å². The van der Waals surface area contributed by atoms with E-state index in [1.807, 2.05) is 0 Å². The van der Waals surface area contributed by atoms with E-state index in [0.717, 1.165) is 12.7 Å². The SMILES string of the molecule is CS(=O)(=O)c1ccc(C(=O)Nc2ccc(N3CCCC3=O)c(Cl)c2)cc1. The number of nitrogens with zero attached hydrogens (tertiary/aromatic N) is 1. The van der Waals surface area contributed by atoms with E-state index in [0.29, 0.717) is 34.9 Å². The Balaban J connectivity index is 1.75. The van der Waals surface area contributed by atoms with Gasteiger partial charge in [-0.15, -0.1) is 0 Å². The molecule has 0 unspecified atom stereocenters. The van der Waals surface area contributed by atoms with E-state index in [4.69, 9.17) is 11.6 Å². The predicted octanol–water partition coefficient (Wildman–Crippen LogP) is 3.12. The summed E-state index contributed by atoms with van der Waals surface area (Å²) >= 11 is 6.26. The second kappa shape index (κ2) is 7.09. The van der Waals surface area contributed by atoms with Crippen LogP contribution in [-0.4, -0.2) is 33.0 Å². The summed E-state index contributed by atoms with van der Waals surface area (Å²) in [5, 5.41) is 3.09. The fourth-order valence-corrected chi connectivity index (χ4v) is 3.68. The minimum atomic E-state index is -3.31. The first kappa shape index (κ1) is 18.4. The lowest BCUT2D eigenvalue weighted by Crippen LogP contribution is -2.24. The van der Waals surface area contributed by atoms with Crippen LogP contribution >= 0.6 is 11.6 Å². The molecule has 0 aliphatic carbocycles. The molecule has 136 valence electrons. The van der Waals surface area contributed by atoms with E-state index in [-0.39, 0.29) is 16.7 Å². The number of nitrogens with one attached hydrogen (secondary N) is 1. The summed E-state index contributed by atoms with van der Waals surface area (Å²) in [6.07, 6.45) is 2.42. The molecular weight excluding hydrogens is 376 g/mol. The highest BCUT2D eigenvalue weighted by atomic mass is 35.5. The zero-order valence-electron chi connectivity index (χ0n) is 14.0. The molecule has 0 aromatic heterocycles. The van der Waals surface area contributed by atoms with Gasteiger partial charge in [0.1, 0.15) is 0 Å². The first-order valence-electron chi connectivity index (χ1n) is 7.97. The molecule has 0 saturated carbocycles. The third-order valence-electron chi connectivity index (χ3n) is 4.11. The van der Waals surface area contributed by atoms with Gasteiger partial charge >= 0.3 is 0 Å². The van der Waals surface area contributed by atoms with E-state index in [9.17, 15) is 18.0 Å². The number of benzene rings is 2. The van der Waals surface area contributed by atoms with Gasteiger partial charge in [0.2, 0.25) is 5.91 Å². The highest BCUT2D eigenvalue weighted by Crippen LogP contribution is 2.31. The quantitative estimate of drug-likeness (QED) is 0.866. The summed E-state index contributed by atoms with van der Waals surface area (Å²) in [6.45, 7) is 0.636. The number of hydrogen-bond donors (Lipinski definition) is 1. The van der Waals surface area contributed by atoms with Crippen LogP contribution in [0.15, 0.2) is 47.4 Å². The fourth-order valence-electron chi connectivity index (χ4n) is 2.76. The molecule has 26 heavy (non-hydrogen) atoms. The lowest BCUT2D eigenvalue weighted by molar-refractivity contribution is -0.117. The lowest BCUT2D eigenvalue weighted by Gasteiger charge is -2.18. The maximum atomic E-state index is 12.3. The van der Waals surface area contributed by atoms with E-state index in [2.05, 4.69) is 5.32 Å². The number of sulfone groups is 1. The number of amides is 2. The summed E-state index contributed by atoms with van der Waals surface area (Å²) in [6, 6.07) is 10.6. The molecular formula is C18H17ClN2O4S. The molecule has 8 heteroatoms. The van der Waals surface area contributed by atoms with Crippen molar-refractivity contribution in [3.63, 3.8) is 0 Å². The Morgan fingerprint density at radius 3 is 2.38 bits per heavy atom. The van der Waals surface area contributed by atoms with Crippen LogP contribution < -0.4 is 10.2 Å². The summed E-state index contributed by atoms with van der Waals surface area (Å²) in [4.78, 5) is 25.9. The van der Waals surface area contributed by atoms with Gasteiger partial charge in [0.05, 0.1) is 15.6 Å². The minimum absolute atomic E-state index is 0.0367. The number of halogens is 1. The summed E-state index contributed by atoms with van der Waals surface area (Å²) < 4.78 is 22.9. The first-order chi connectivity index (χ1) is 12.3. The van der Waals surface area contributed by atoms with Crippen molar-refractivity contribution < 1.29 is 18.0 Å². The van der Waals surface area contributed by atoms with Crippen LogP contribution in [-0.2, 0) is 14.6 Å². The van der Waals surface area contributed by atoms with Crippen molar-refractivity contribution in [2.75, 3.05) is 23.0 Å². The molecule has 2 aromatic rings. The molecule has 1 saturated heterocycles. The van der Waals surface area contributed by atoms with Crippen LogP contribution in [0, 0.1) is 0 Å². The second-order valence-electron chi connectivity index (χ2n) is 6.07. The third kappa shape index (κ3) is 3.89. The largest absolute Gasteiger partial charge is 0.322 e. The molecule has 2 aromatic carbocycles. The molecule has 0 bridgehead atoms. The van der Waals surface area contributed by atoms with Crippen LogP contribution in [0.2, 0.25) is 5.02 Å². The third-order valence-corrected chi connectivity index (χ3v) is 5.55. The standard InChI is InChI=1S/C18H17ClN2O4S/c1-26(24,25)14-7-4-12(5-8-14)18(23)20-13-6-9-16(15(19)11-13)21-10-2-3-17(21)22/h4-9,11H,2-3,10H2,1H3,(H,20,23). The maximum Gasteiger partial charge on any atom is 0.255 e. The van der Waals surface area contributed by atoms with Crippen molar-refractivity contribution in [3.8, 4) is 0 Å². The number of rotatable bonds is 4. The van der Waals surface area contributed by atoms with Crippen molar-refractivity contribution in [2.45, 2.75) is 17.7 Å². The van der Waals surface area contributed by atoms with Crippen molar-refractivity contribution in [1.29, 1.82) is 0 Å². The Morgan fingerprint density at radius 2 is 1.85 bits per heavy atom.